The number of nitrogens with zero attached hydrogens (tertiary/aromatic N) is 4. The van der Waals surface area contributed by atoms with Crippen molar-refractivity contribution >= 4 is 33.9 Å². The van der Waals surface area contributed by atoms with Gasteiger partial charge in [0.1, 0.15) is 5.82 Å². The zero-order chi connectivity index (χ0) is 22.6. The van der Waals surface area contributed by atoms with Crippen molar-refractivity contribution in [3.05, 3.63) is 48.5 Å². The minimum Gasteiger partial charge on any atom is -0.371 e. The average molecular weight is 460 g/mol. The second kappa shape index (κ2) is 9.53. The van der Waals surface area contributed by atoms with Gasteiger partial charge in [0, 0.05) is 81.1 Å². The first-order valence-corrected chi connectivity index (χ1v) is 11.0. The number of nitrogens with one attached hydrogen (secondary N) is 2. The van der Waals surface area contributed by atoms with Crippen molar-refractivity contribution < 1.29 is 13.6 Å². The Morgan fingerprint density at radius 3 is 2.78 bits per heavy atom. The lowest BCUT2D eigenvalue weighted by molar-refractivity contribution is -0.0220. The molecule has 0 aliphatic carbocycles. The zero-order valence-electron chi connectivity index (χ0n) is 17.2. The molecule has 1 amide bonds. The van der Waals surface area contributed by atoms with E-state index in [0.29, 0.717) is 42.7 Å². The van der Waals surface area contributed by atoms with E-state index in [-0.39, 0.29) is 18.7 Å². The standard InChI is InChI=1S/C21H23F2N7OS/c22-21(23)2-7-30(8-3-21)16-1-5-26-18(10-16)29-20-28-13-17(32-20)14-9-15(12-25-11-14)19(31)27-6-4-24/h1,5,9-13H,2-4,6-8,24H2,(H,27,31)(H,26,28,29). The fourth-order valence-corrected chi connectivity index (χ4v) is 4.14. The van der Waals surface area contributed by atoms with E-state index in [1.54, 1.807) is 24.7 Å². The molecule has 0 aromatic carbocycles. The SMILES string of the molecule is NCCNC(=O)c1cncc(-c2cnc(Nc3cc(N4CCC(F)(F)CC4)ccn3)s2)c1. The number of hydrogen-bond acceptors (Lipinski definition) is 8. The van der Waals surface area contributed by atoms with Crippen LogP contribution in [0, 0.1) is 0 Å². The van der Waals surface area contributed by atoms with E-state index in [0.717, 1.165) is 16.1 Å². The molecule has 0 bridgehead atoms. The molecule has 4 heterocycles. The quantitative estimate of drug-likeness (QED) is 0.498. The summed E-state index contributed by atoms with van der Waals surface area (Å²) in [4.78, 5) is 27.8. The number of carbonyl (C=O) groups is 1. The van der Waals surface area contributed by atoms with E-state index in [1.807, 2.05) is 17.0 Å². The number of rotatable bonds is 7. The Morgan fingerprint density at radius 2 is 2.00 bits per heavy atom. The lowest BCUT2D eigenvalue weighted by Gasteiger charge is -2.33. The molecule has 11 heteroatoms. The van der Waals surface area contributed by atoms with Crippen molar-refractivity contribution in [2.45, 2.75) is 18.8 Å². The first-order chi connectivity index (χ1) is 15.4. The highest BCUT2D eigenvalue weighted by molar-refractivity contribution is 7.18. The summed E-state index contributed by atoms with van der Waals surface area (Å²) in [6, 6.07) is 5.39. The fraction of sp³-hybridized carbons (Fsp3) is 0.333. The molecule has 1 aliphatic rings. The van der Waals surface area contributed by atoms with Gasteiger partial charge in [-0.3, -0.25) is 9.78 Å². The Morgan fingerprint density at radius 1 is 1.19 bits per heavy atom. The molecule has 0 saturated carbocycles. The van der Waals surface area contributed by atoms with Crippen LogP contribution in [0.4, 0.5) is 25.4 Å². The highest BCUT2D eigenvalue weighted by atomic mass is 32.1. The topological polar surface area (TPSA) is 109 Å². The van der Waals surface area contributed by atoms with Crippen molar-refractivity contribution in [2.24, 2.45) is 5.73 Å². The Labute approximate surface area is 187 Å². The molecule has 1 aliphatic heterocycles. The van der Waals surface area contributed by atoms with E-state index >= 15 is 0 Å². The van der Waals surface area contributed by atoms with Gasteiger partial charge >= 0.3 is 0 Å². The van der Waals surface area contributed by atoms with E-state index in [9.17, 15) is 13.6 Å². The molecule has 1 fully saturated rings. The van der Waals surface area contributed by atoms with Crippen LogP contribution in [0.1, 0.15) is 23.2 Å². The number of thiazole rings is 1. The Balaban J connectivity index is 1.45. The molecule has 0 unspecified atom stereocenters. The average Bonchev–Trinajstić information content (AvgIpc) is 3.26. The largest absolute Gasteiger partial charge is 0.371 e. The van der Waals surface area contributed by atoms with Crippen molar-refractivity contribution in [1.82, 2.24) is 20.3 Å². The molecule has 4 N–H and O–H groups in total. The van der Waals surface area contributed by atoms with Gasteiger partial charge in [-0.1, -0.05) is 11.3 Å². The molecular formula is C21H23F2N7OS. The van der Waals surface area contributed by atoms with Gasteiger partial charge < -0.3 is 21.3 Å². The number of nitrogens with two attached hydrogens (primary N) is 1. The van der Waals surface area contributed by atoms with E-state index in [4.69, 9.17) is 5.73 Å². The van der Waals surface area contributed by atoms with Gasteiger partial charge in [-0.2, -0.15) is 0 Å². The molecule has 1 saturated heterocycles. The van der Waals surface area contributed by atoms with E-state index in [2.05, 4.69) is 25.6 Å². The first-order valence-electron chi connectivity index (χ1n) is 10.2. The predicted octanol–water partition coefficient (Wildman–Crippen LogP) is 3.27. The van der Waals surface area contributed by atoms with Crippen LogP contribution >= 0.6 is 11.3 Å². The third-order valence-electron chi connectivity index (χ3n) is 5.06. The summed E-state index contributed by atoms with van der Waals surface area (Å²) >= 11 is 1.39. The number of aromatic nitrogens is 3. The summed E-state index contributed by atoms with van der Waals surface area (Å²) in [5.41, 5.74) is 7.48. The second-order valence-corrected chi connectivity index (χ2v) is 8.43. The zero-order valence-corrected chi connectivity index (χ0v) is 18.0. The number of pyridine rings is 2. The maximum atomic E-state index is 13.4. The van der Waals surface area contributed by atoms with E-state index < -0.39 is 5.92 Å². The summed E-state index contributed by atoms with van der Waals surface area (Å²) in [6.07, 6.45) is 6.22. The summed E-state index contributed by atoms with van der Waals surface area (Å²) < 4.78 is 26.9. The number of carbonyl (C=O) groups excluding carboxylic acids is 1. The van der Waals surface area contributed by atoms with Crippen molar-refractivity contribution in [1.29, 1.82) is 0 Å². The van der Waals surface area contributed by atoms with Crippen LogP contribution in [0.25, 0.3) is 10.4 Å². The normalized spacial score (nSPS) is 15.4. The number of hydrogen-bond donors (Lipinski definition) is 3. The minimum atomic E-state index is -2.58. The van der Waals surface area contributed by atoms with Crippen molar-refractivity contribution in [2.75, 3.05) is 36.4 Å². The Bertz CT molecular complexity index is 1080. The number of piperidine rings is 1. The van der Waals surface area contributed by atoms with Gasteiger partial charge in [0.25, 0.3) is 11.8 Å². The highest BCUT2D eigenvalue weighted by Gasteiger charge is 2.34. The maximum Gasteiger partial charge on any atom is 0.252 e. The van der Waals surface area contributed by atoms with Gasteiger partial charge in [-0.05, 0) is 12.1 Å². The summed E-state index contributed by atoms with van der Waals surface area (Å²) in [6.45, 7) is 1.37. The van der Waals surface area contributed by atoms with Crippen LogP contribution in [-0.4, -0.2) is 53.0 Å². The molecule has 0 atom stereocenters. The van der Waals surface area contributed by atoms with Gasteiger partial charge in [0.2, 0.25) is 0 Å². The minimum absolute atomic E-state index is 0.148. The summed E-state index contributed by atoms with van der Waals surface area (Å²) in [5, 5.41) is 6.50. The molecule has 0 spiro atoms. The second-order valence-electron chi connectivity index (χ2n) is 7.40. The fourth-order valence-electron chi connectivity index (χ4n) is 3.34. The first kappa shape index (κ1) is 22.0. The van der Waals surface area contributed by atoms with E-state index in [1.165, 1.54) is 17.5 Å². The Kier molecular flexibility index (Phi) is 6.56. The van der Waals surface area contributed by atoms with Gasteiger partial charge in [0.05, 0.1) is 10.4 Å². The van der Waals surface area contributed by atoms with Crippen molar-refractivity contribution in [3.63, 3.8) is 0 Å². The molecule has 3 aromatic rings. The third-order valence-corrected chi connectivity index (χ3v) is 6.02. The lowest BCUT2D eigenvalue weighted by Crippen LogP contribution is -2.39. The molecule has 32 heavy (non-hydrogen) atoms. The van der Waals surface area contributed by atoms with Crippen molar-refractivity contribution in [3.8, 4) is 10.4 Å². The smallest absolute Gasteiger partial charge is 0.252 e. The lowest BCUT2D eigenvalue weighted by atomic mass is 10.1. The molecule has 8 nitrogen and oxygen atoms in total. The molecule has 168 valence electrons. The molecule has 4 rings (SSSR count). The monoisotopic (exact) mass is 459 g/mol. The molecule has 3 aromatic heterocycles. The number of alkyl halides is 2. The van der Waals surface area contributed by atoms with Crippen LogP contribution in [0.2, 0.25) is 0 Å². The summed E-state index contributed by atoms with van der Waals surface area (Å²) in [5.74, 6) is -2.24. The maximum absolute atomic E-state index is 13.4. The van der Waals surface area contributed by atoms with Crippen LogP contribution in [-0.2, 0) is 0 Å². The van der Waals surface area contributed by atoms with Crippen LogP contribution in [0.3, 0.4) is 0 Å². The third kappa shape index (κ3) is 5.35. The number of amides is 1. The molecule has 0 radical (unpaired) electrons. The Hall–Kier alpha value is -3.18. The van der Waals surface area contributed by atoms with Gasteiger partial charge in [-0.25, -0.2) is 18.7 Å². The predicted molar refractivity (Wildman–Crippen MR) is 121 cm³/mol. The number of halogens is 2. The molecular weight excluding hydrogens is 436 g/mol. The summed E-state index contributed by atoms with van der Waals surface area (Å²) in [7, 11) is 0. The van der Waals surface area contributed by atoms with Crippen LogP contribution in [0.15, 0.2) is 43.0 Å². The van der Waals surface area contributed by atoms with Crippen LogP contribution in [0.5, 0.6) is 0 Å². The number of anilines is 3. The van der Waals surface area contributed by atoms with Gasteiger partial charge in [-0.15, -0.1) is 0 Å². The van der Waals surface area contributed by atoms with Crippen LogP contribution < -0.4 is 21.3 Å². The highest BCUT2D eigenvalue weighted by Crippen LogP contribution is 2.33. The van der Waals surface area contributed by atoms with Gasteiger partial charge in [0.15, 0.2) is 5.13 Å².